The van der Waals surface area contributed by atoms with Gasteiger partial charge >= 0.3 is 0 Å². The number of aliphatic hydroxyl groups excluding tert-OH is 1. The normalized spacial score (nSPS) is 16.0. The van der Waals surface area contributed by atoms with Gasteiger partial charge in [0.1, 0.15) is 0 Å². The van der Waals surface area contributed by atoms with Crippen LogP contribution in [0.5, 0.6) is 0 Å². The van der Waals surface area contributed by atoms with Gasteiger partial charge in [0.2, 0.25) is 10.1 Å². The van der Waals surface area contributed by atoms with Crippen molar-refractivity contribution in [3.05, 3.63) is 30.7 Å². The zero-order valence-corrected chi connectivity index (χ0v) is 12.9. The van der Waals surface area contributed by atoms with E-state index in [1.54, 1.807) is 28.2 Å². The molecule has 1 aliphatic carbocycles. The molecule has 22 heavy (non-hydrogen) atoms. The summed E-state index contributed by atoms with van der Waals surface area (Å²) < 4.78 is 1.81. The zero-order valence-electron chi connectivity index (χ0n) is 12.1. The van der Waals surface area contributed by atoms with Gasteiger partial charge in [0.05, 0.1) is 11.9 Å². The molecule has 4 rings (SSSR count). The molecule has 3 heterocycles. The van der Waals surface area contributed by atoms with Crippen molar-refractivity contribution in [1.82, 2.24) is 19.6 Å². The summed E-state index contributed by atoms with van der Waals surface area (Å²) in [5.41, 5.74) is 2.16. The SMILES string of the molecule is OCCC1(CNc2nn3cc(-c4cccnc4)nc3s2)CC1. The number of imidazole rings is 1. The van der Waals surface area contributed by atoms with Crippen molar-refractivity contribution in [2.45, 2.75) is 19.3 Å². The Labute approximate surface area is 131 Å². The summed E-state index contributed by atoms with van der Waals surface area (Å²) in [4.78, 5) is 9.58. The van der Waals surface area contributed by atoms with E-state index in [2.05, 4.69) is 20.4 Å². The summed E-state index contributed by atoms with van der Waals surface area (Å²) in [7, 11) is 0. The van der Waals surface area contributed by atoms with Gasteiger partial charge in [0.25, 0.3) is 0 Å². The summed E-state index contributed by atoms with van der Waals surface area (Å²) in [6.07, 6.45) is 8.73. The van der Waals surface area contributed by atoms with Crippen LogP contribution in [0.4, 0.5) is 5.13 Å². The number of pyridine rings is 1. The monoisotopic (exact) mass is 315 g/mol. The van der Waals surface area contributed by atoms with Gasteiger partial charge in [0, 0.05) is 31.1 Å². The fourth-order valence-corrected chi connectivity index (χ4v) is 3.39. The molecule has 3 aromatic rings. The first-order valence-corrected chi connectivity index (χ1v) is 8.21. The third-order valence-electron chi connectivity index (χ3n) is 4.21. The average molecular weight is 315 g/mol. The molecular weight excluding hydrogens is 298 g/mol. The van der Waals surface area contributed by atoms with E-state index in [-0.39, 0.29) is 12.0 Å². The van der Waals surface area contributed by atoms with E-state index in [4.69, 9.17) is 5.11 Å². The number of aliphatic hydroxyl groups is 1. The molecule has 114 valence electrons. The third kappa shape index (κ3) is 2.57. The summed E-state index contributed by atoms with van der Waals surface area (Å²) >= 11 is 1.55. The van der Waals surface area contributed by atoms with Crippen LogP contribution in [0.15, 0.2) is 30.7 Å². The third-order valence-corrected chi connectivity index (χ3v) is 5.09. The van der Waals surface area contributed by atoms with Gasteiger partial charge in [-0.1, -0.05) is 11.3 Å². The Morgan fingerprint density at radius 2 is 2.32 bits per heavy atom. The highest BCUT2D eigenvalue weighted by molar-refractivity contribution is 7.20. The molecule has 6 nitrogen and oxygen atoms in total. The second kappa shape index (κ2) is 5.33. The number of nitrogens with one attached hydrogen (secondary N) is 1. The zero-order chi connectivity index (χ0) is 15.0. The fourth-order valence-electron chi connectivity index (χ4n) is 2.62. The minimum absolute atomic E-state index is 0.261. The van der Waals surface area contributed by atoms with Gasteiger partial charge in [-0.05, 0) is 36.8 Å². The van der Waals surface area contributed by atoms with E-state index in [1.165, 1.54) is 12.8 Å². The molecule has 0 unspecified atom stereocenters. The van der Waals surface area contributed by atoms with Crippen molar-refractivity contribution in [1.29, 1.82) is 0 Å². The van der Waals surface area contributed by atoms with Crippen LogP contribution in [0.3, 0.4) is 0 Å². The molecule has 3 aromatic heterocycles. The first kappa shape index (κ1) is 13.7. The smallest absolute Gasteiger partial charge is 0.214 e. The number of aromatic nitrogens is 4. The maximum absolute atomic E-state index is 9.10. The number of rotatable bonds is 6. The van der Waals surface area contributed by atoms with Gasteiger partial charge in [-0.3, -0.25) is 4.98 Å². The lowest BCUT2D eigenvalue weighted by Gasteiger charge is -2.13. The molecule has 0 aromatic carbocycles. The highest BCUT2D eigenvalue weighted by Crippen LogP contribution is 2.48. The van der Waals surface area contributed by atoms with Crippen LogP contribution in [-0.2, 0) is 0 Å². The van der Waals surface area contributed by atoms with E-state index in [0.29, 0.717) is 0 Å². The molecule has 0 aliphatic heterocycles. The minimum atomic E-state index is 0.261. The van der Waals surface area contributed by atoms with Gasteiger partial charge < -0.3 is 10.4 Å². The lowest BCUT2D eigenvalue weighted by atomic mass is 10.0. The van der Waals surface area contributed by atoms with Crippen molar-refractivity contribution in [2.24, 2.45) is 5.41 Å². The van der Waals surface area contributed by atoms with Crippen molar-refractivity contribution in [3.8, 4) is 11.3 Å². The standard InChI is InChI=1S/C15H17N5OS/c21-7-5-15(3-4-15)10-17-13-19-20-9-12(18-14(20)22-13)11-2-1-6-16-8-11/h1-2,6,8-9,21H,3-5,7,10H2,(H,17,19). The molecule has 0 spiro atoms. The summed E-state index contributed by atoms with van der Waals surface area (Å²) in [6.45, 7) is 1.14. The second-order valence-electron chi connectivity index (χ2n) is 5.83. The Morgan fingerprint density at radius 1 is 1.41 bits per heavy atom. The number of hydrogen-bond acceptors (Lipinski definition) is 6. The van der Waals surface area contributed by atoms with Crippen LogP contribution >= 0.6 is 11.3 Å². The number of anilines is 1. The highest BCUT2D eigenvalue weighted by Gasteiger charge is 2.41. The van der Waals surface area contributed by atoms with E-state index in [0.717, 1.165) is 34.3 Å². The molecule has 1 fully saturated rings. The maximum atomic E-state index is 9.10. The maximum Gasteiger partial charge on any atom is 0.214 e. The Balaban J connectivity index is 1.49. The fraction of sp³-hybridized carbons (Fsp3) is 0.400. The van der Waals surface area contributed by atoms with Gasteiger partial charge in [-0.15, -0.1) is 5.10 Å². The number of nitrogens with zero attached hydrogens (tertiary/aromatic N) is 4. The lowest BCUT2D eigenvalue weighted by molar-refractivity contribution is 0.253. The van der Waals surface area contributed by atoms with Crippen molar-refractivity contribution in [2.75, 3.05) is 18.5 Å². The topological polar surface area (TPSA) is 75.3 Å². The largest absolute Gasteiger partial charge is 0.396 e. The van der Waals surface area contributed by atoms with Gasteiger partial charge in [-0.2, -0.15) is 0 Å². The first-order valence-electron chi connectivity index (χ1n) is 7.39. The molecule has 0 amide bonds. The second-order valence-corrected chi connectivity index (χ2v) is 6.79. The van der Waals surface area contributed by atoms with Crippen LogP contribution in [0.1, 0.15) is 19.3 Å². The summed E-state index contributed by atoms with van der Waals surface area (Å²) in [6, 6.07) is 3.89. The van der Waals surface area contributed by atoms with Crippen LogP contribution in [0, 0.1) is 5.41 Å². The Bertz CT molecular complexity index is 746. The minimum Gasteiger partial charge on any atom is -0.396 e. The molecule has 7 heteroatoms. The first-order chi connectivity index (χ1) is 10.8. The van der Waals surface area contributed by atoms with E-state index in [1.807, 2.05) is 18.3 Å². The quantitative estimate of drug-likeness (QED) is 0.730. The summed E-state index contributed by atoms with van der Waals surface area (Å²) in [5, 5.41) is 17.9. The molecule has 0 bridgehead atoms. The molecule has 1 aliphatic rings. The predicted octanol–water partition coefficient (Wildman–Crippen LogP) is 2.43. The van der Waals surface area contributed by atoms with Crippen molar-refractivity contribution >= 4 is 21.4 Å². The van der Waals surface area contributed by atoms with Crippen molar-refractivity contribution in [3.63, 3.8) is 0 Å². The van der Waals surface area contributed by atoms with Gasteiger partial charge in [-0.25, -0.2) is 9.50 Å². The predicted molar refractivity (Wildman–Crippen MR) is 86.0 cm³/mol. The molecule has 1 saturated carbocycles. The molecular formula is C15H17N5OS. The Morgan fingerprint density at radius 3 is 3.00 bits per heavy atom. The Kier molecular flexibility index (Phi) is 3.31. The molecule has 0 atom stereocenters. The van der Waals surface area contributed by atoms with Crippen molar-refractivity contribution < 1.29 is 5.11 Å². The summed E-state index contributed by atoms with van der Waals surface area (Å²) in [5.74, 6) is 0. The average Bonchev–Trinajstić information content (AvgIpc) is 3.02. The van der Waals surface area contributed by atoms with E-state index >= 15 is 0 Å². The molecule has 2 N–H and O–H groups in total. The van der Waals surface area contributed by atoms with Crippen LogP contribution in [-0.4, -0.2) is 37.8 Å². The van der Waals surface area contributed by atoms with Crippen LogP contribution < -0.4 is 5.32 Å². The van der Waals surface area contributed by atoms with Gasteiger partial charge in [0.15, 0.2) is 0 Å². The van der Waals surface area contributed by atoms with E-state index < -0.39 is 0 Å². The molecule has 0 saturated heterocycles. The van der Waals surface area contributed by atoms with Crippen LogP contribution in [0.25, 0.3) is 16.2 Å². The molecule has 0 radical (unpaired) electrons. The Hall–Kier alpha value is -1.99. The van der Waals surface area contributed by atoms with Crippen LogP contribution in [0.2, 0.25) is 0 Å². The number of hydrogen-bond donors (Lipinski definition) is 2. The highest BCUT2D eigenvalue weighted by atomic mass is 32.1. The number of fused-ring (bicyclic) bond motifs is 1. The lowest BCUT2D eigenvalue weighted by Crippen LogP contribution is -2.16. The van der Waals surface area contributed by atoms with E-state index in [9.17, 15) is 0 Å².